The van der Waals surface area contributed by atoms with Crippen LogP contribution < -0.4 is 10.5 Å². The van der Waals surface area contributed by atoms with Gasteiger partial charge < -0.3 is 10.5 Å². The molecule has 0 saturated heterocycles. The second kappa shape index (κ2) is 7.09. The number of halogens is 3. The maximum Gasteiger partial charge on any atom is 0.344 e. The summed E-state index contributed by atoms with van der Waals surface area (Å²) in [6, 6.07) is 15.1. The maximum atomic E-state index is 12.5. The fourth-order valence-corrected chi connectivity index (χ4v) is 4.61. The van der Waals surface area contributed by atoms with Crippen molar-refractivity contribution in [3.05, 3.63) is 64.8 Å². The lowest BCUT2D eigenvalue weighted by Gasteiger charge is -2.10. The zero-order valence-electron chi connectivity index (χ0n) is 11.6. The van der Waals surface area contributed by atoms with E-state index in [1.165, 1.54) is 0 Å². The van der Waals surface area contributed by atoms with Gasteiger partial charge >= 0.3 is 5.97 Å². The summed E-state index contributed by atoms with van der Waals surface area (Å²) in [5.41, 5.74) is 7.21. The molecule has 0 aliphatic heterocycles. The average molecular weight is 641 g/mol. The summed E-state index contributed by atoms with van der Waals surface area (Å²) in [5, 5.41) is 1.90. The van der Waals surface area contributed by atoms with Crippen LogP contribution in [0.15, 0.2) is 48.5 Å². The Labute approximate surface area is 174 Å². The topological polar surface area (TPSA) is 52.3 Å². The van der Waals surface area contributed by atoms with E-state index < -0.39 is 0 Å². The van der Waals surface area contributed by atoms with E-state index in [1.807, 2.05) is 42.5 Å². The monoisotopic (exact) mass is 641 g/mol. The summed E-state index contributed by atoms with van der Waals surface area (Å²) in [5.74, 6) is 0.0800. The quantitative estimate of drug-likeness (QED) is 0.133. The first kappa shape index (κ1) is 17.2. The molecule has 0 unspecified atom stereocenters. The van der Waals surface area contributed by atoms with Crippen LogP contribution in [0.25, 0.3) is 10.8 Å². The zero-order chi connectivity index (χ0) is 16.6. The number of nitrogens with two attached hydrogens (primary N) is 1. The van der Waals surface area contributed by atoms with Gasteiger partial charge in [0.15, 0.2) is 0 Å². The van der Waals surface area contributed by atoms with Gasteiger partial charge in [-0.25, -0.2) is 4.79 Å². The van der Waals surface area contributed by atoms with Crippen molar-refractivity contribution in [3.8, 4) is 5.75 Å². The third-order valence-electron chi connectivity index (χ3n) is 3.29. The predicted octanol–water partition coefficient (Wildman–Crippen LogP) is 5.46. The number of hydrogen-bond acceptors (Lipinski definition) is 3. The van der Waals surface area contributed by atoms with E-state index in [-0.39, 0.29) is 5.97 Å². The first-order valence-electron chi connectivity index (χ1n) is 6.60. The smallest absolute Gasteiger partial charge is 0.344 e. The second-order valence-electron chi connectivity index (χ2n) is 4.87. The zero-order valence-corrected chi connectivity index (χ0v) is 18.1. The van der Waals surface area contributed by atoms with Crippen LogP contribution in [0.2, 0.25) is 0 Å². The van der Waals surface area contributed by atoms with Gasteiger partial charge in [0.25, 0.3) is 0 Å². The highest BCUT2D eigenvalue weighted by atomic mass is 127. The van der Waals surface area contributed by atoms with Gasteiger partial charge in [-0.3, -0.25) is 0 Å². The Morgan fingerprint density at radius 1 is 1.00 bits per heavy atom. The van der Waals surface area contributed by atoms with Crippen molar-refractivity contribution < 1.29 is 9.53 Å². The van der Waals surface area contributed by atoms with Crippen molar-refractivity contribution in [1.82, 2.24) is 0 Å². The van der Waals surface area contributed by atoms with Gasteiger partial charge in [-0.15, -0.1) is 0 Å². The van der Waals surface area contributed by atoms with Crippen molar-refractivity contribution in [2.75, 3.05) is 5.73 Å². The lowest BCUT2D eigenvalue weighted by atomic mass is 10.1. The molecule has 0 fully saturated rings. The standard InChI is InChI=1S/C17H10I3NO2/c18-10-6-13(16(20)14(19)7-10)17(22)23-11-5-9-3-1-2-4-12(9)15(21)8-11/h1-8H,21H2. The van der Waals surface area contributed by atoms with Gasteiger partial charge in [-0.05, 0) is 91.4 Å². The van der Waals surface area contributed by atoms with Crippen molar-refractivity contribution in [1.29, 1.82) is 0 Å². The average Bonchev–Trinajstić information content (AvgIpc) is 2.51. The Morgan fingerprint density at radius 2 is 1.74 bits per heavy atom. The third kappa shape index (κ3) is 3.73. The normalized spacial score (nSPS) is 10.7. The summed E-state index contributed by atoms with van der Waals surface area (Å²) >= 11 is 6.57. The van der Waals surface area contributed by atoms with E-state index >= 15 is 0 Å². The lowest BCUT2D eigenvalue weighted by molar-refractivity contribution is 0.0734. The highest BCUT2D eigenvalue weighted by Crippen LogP contribution is 2.29. The number of anilines is 1. The van der Waals surface area contributed by atoms with Crippen LogP contribution in [-0.4, -0.2) is 5.97 Å². The van der Waals surface area contributed by atoms with E-state index in [0.717, 1.165) is 21.5 Å². The molecule has 0 radical (unpaired) electrons. The molecule has 0 aliphatic carbocycles. The van der Waals surface area contributed by atoms with Crippen LogP contribution in [0.1, 0.15) is 10.4 Å². The number of hydrogen-bond donors (Lipinski definition) is 1. The van der Waals surface area contributed by atoms with E-state index in [2.05, 4.69) is 67.8 Å². The fraction of sp³-hybridized carbons (Fsp3) is 0. The molecule has 116 valence electrons. The summed E-state index contributed by atoms with van der Waals surface area (Å²) in [4.78, 5) is 12.5. The molecule has 3 aromatic carbocycles. The summed E-state index contributed by atoms with van der Waals surface area (Å²) < 4.78 is 8.47. The first-order valence-corrected chi connectivity index (χ1v) is 9.84. The fourth-order valence-electron chi connectivity index (χ4n) is 2.24. The molecule has 3 aromatic rings. The number of benzene rings is 3. The molecule has 0 saturated carbocycles. The molecular weight excluding hydrogens is 631 g/mol. The maximum absolute atomic E-state index is 12.5. The van der Waals surface area contributed by atoms with E-state index in [9.17, 15) is 4.79 Å². The van der Waals surface area contributed by atoms with E-state index in [4.69, 9.17) is 10.5 Å². The molecule has 3 nitrogen and oxygen atoms in total. The molecule has 0 heterocycles. The molecule has 0 atom stereocenters. The summed E-state index contributed by atoms with van der Waals surface area (Å²) in [6.45, 7) is 0. The van der Waals surface area contributed by atoms with E-state index in [1.54, 1.807) is 6.07 Å². The van der Waals surface area contributed by atoms with E-state index in [0.29, 0.717) is 17.0 Å². The van der Waals surface area contributed by atoms with Gasteiger partial charge in [-0.2, -0.15) is 0 Å². The second-order valence-corrected chi connectivity index (χ2v) is 8.36. The minimum Gasteiger partial charge on any atom is -0.423 e. The number of carbonyl (C=O) groups excluding carboxylic acids is 1. The van der Waals surface area contributed by atoms with Gasteiger partial charge in [0.1, 0.15) is 5.75 Å². The molecule has 0 bridgehead atoms. The van der Waals surface area contributed by atoms with Crippen LogP contribution >= 0.6 is 67.8 Å². The molecule has 0 amide bonds. The Kier molecular flexibility index (Phi) is 5.31. The molecule has 3 rings (SSSR count). The summed E-state index contributed by atoms with van der Waals surface area (Å²) in [7, 11) is 0. The van der Waals surface area contributed by atoms with Crippen molar-refractivity contribution in [2.45, 2.75) is 0 Å². The highest BCUT2D eigenvalue weighted by Gasteiger charge is 2.16. The number of ether oxygens (including phenoxy) is 1. The molecular formula is C17H10I3NO2. The van der Waals surface area contributed by atoms with Crippen molar-refractivity contribution in [3.63, 3.8) is 0 Å². The minimum absolute atomic E-state index is 0.375. The highest BCUT2D eigenvalue weighted by molar-refractivity contribution is 14.1. The van der Waals surface area contributed by atoms with Crippen molar-refractivity contribution >= 4 is 90.2 Å². The predicted molar refractivity (Wildman–Crippen MR) is 118 cm³/mol. The van der Waals surface area contributed by atoms with Crippen LogP contribution in [0.3, 0.4) is 0 Å². The Bertz CT molecular complexity index is 925. The molecule has 23 heavy (non-hydrogen) atoms. The van der Waals surface area contributed by atoms with Gasteiger partial charge in [0.05, 0.1) is 5.56 Å². The Hall–Kier alpha value is -0.620. The number of rotatable bonds is 2. The van der Waals surface area contributed by atoms with Crippen molar-refractivity contribution in [2.24, 2.45) is 0 Å². The molecule has 2 N–H and O–H groups in total. The van der Waals surface area contributed by atoms with Gasteiger partial charge in [-0.1, -0.05) is 24.3 Å². The van der Waals surface area contributed by atoms with Gasteiger partial charge in [0.2, 0.25) is 0 Å². The molecule has 0 aliphatic rings. The molecule has 0 spiro atoms. The minimum atomic E-state index is -0.375. The number of carbonyl (C=O) groups is 1. The number of fused-ring (bicyclic) bond motifs is 1. The number of nitrogen functional groups attached to an aromatic ring is 1. The van der Waals surface area contributed by atoms with Crippen LogP contribution in [0.5, 0.6) is 5.75 Å². The third-order valence-corrected chi connectivity index (χ3v) is 6.96. The lowest BCUT2D eigenvalue weighted by Crippen LogP contribution is -2.12. The Balaban J connectivity index is 1.98. The Morgan fingerprint density at radius 3 is 2.52 bits per heavy atom. The SMILES string of the molecule is Nc1cc(OC(=O)c2cc(I)cc(I)c2I)cc2ccccc12. The first-order chi connectivity index (χ1) is 11.0. The summed E-state index contributed by atoms with van der Waals surface area (Å²) in [6.07, 6.45) is 0. The largest absolute Gasteiger partial charge is 0.423 e. The van der Waals surface area contributed by atoms with Gasteiger partial charge in [0, 0.05) is 27.9 Å². The number of esters is 1. The van der Waals surface area contributed by atoms with Crippen LogP contribution in [-0.2, 0) is 0 Å². The molecule has 6 heteroatoms. The van der Waals surface area contributed by atoms with Crippen LogP contribution in [0.4, 0.5) is 5.69 Å². The molecule has 0 aromatic heterocycles. The van der Waals surface area contributed by atoms with Crippen LogP contribution in [0, 0.1) is 10.7 Å².